The van der Waals surface area contributed by atoms with Crippen molar-refractivity contribution in [3.63, 3.8) is 0 Å². The van der Waals surface area contributed by atoms with Gasteiger partial charge in [0, 0.05) is 19.3 Å². The molecule has 12 nitrogen and oxygen atoms in total. The van der Waals surface area contributed by atoms with Crippen LogP contribution in [0.4, 0.5) is 0 Å². The molecule has 450 valence electrons. The summed E-state index contributed by atoms with van der Waals surface area (Å²) in [6.07, 6.45) is 50.2. The highest BCUT2D eigenvalue weighted by Crippen LogP contribution is 2.27. The van der Waals surface area contributed by atoms with Gasteiger partial charge in [0.25, 0.3) is 0 Å². The number of carbonyl (C=O) groups is 4. The Kier molecular flexibility index (Phi) is 50.5. The zero-order chi connectivity index (χ0) is 56.1. The van der Waals surface area contributed by atoms with Crippen molar-refractivity contribution < 1.29 is 58.2 Å². The van der Waals surface area contributed by atoms with Gasteiger partial charge >= 0.3 is 23.9 Å². The van der Waals surface area contributed by atoms with Crippen LogP contribution in [-0.4, -0.2) is 89.2 Å². The minimum atomic E-state index is -1.90. The Morgan fingerprint density at radius 3 is 1.19 bits per heavy atom. The number of aliphatic hydroxyl groups excluding tert-OH is 2. The Morgan fingerprint density at radius 1 is 0.429 bits per heavy atom. The summed E-state index contributed by atoms with van der Waals surface area (Å²) in [6, 6.07) is 0. The molecule has 12 heteroatoms. The number of carboxylic acid groups (broad SMARTS) is 1. The van der Waals surface area contributed by atoms with Crippen LogP contribution in [0.3, 0.4) is 0 Å². The van der Waals surface area contributed by atoms with Crippen molar-refractivity contribution in [3.8, 4) is 0 Å². The van der Waals surface area contributed by atoms with Gasteiger partial charge < -0.3 is 39.0 Å². The number of carbonyl (C=O) groups excluding carboxylic acids is 3. The monoisotopic (exact) mass is 1090 g/mol. The highest BCUT2D eigenvalue weighted by Gasteiger charge is 2.50. The molecule has 1 heterocycles. The molecule has 0 aromatic rings. The van der Waals surface area contributed by atoms with Gasteiger partial charge in [-0.1, -0.05) is 270 Å². The first kappa shape index (κ1) is 72.2. The van der Waals surface area contributed by atoms with E-state index < -0.39 is 67.3 Å². The molecule has 0 aromatic carbocycles. The fourth-order valence-electron chi connectivity index (χ4n) is 10.0. The van der Waals surface area contributed by atoms with Crippen molar-refractivity contribution in [2.75, 3.05) is 13.2 Å². The molecule has 0 spiro atoms. The summed E-state index contributed by atoms with van der Waals surface area (Å²) in [7, 11) is 0. The second-order valence-corrected chi connectivity index (χ2v) is 22.4. The van der Waals surface area contributed by atoms with Crippen LogP contribution in [0.1, 0.15) is 316 Å². The van der Waals surface area contributed by atoms with Crippen molar-refractivity contribution in [1.29, 1.82) is 0 Å². The Morgan fingerprint density at radius 2 is 0.779 bits per heavy atom. The number of esters is 3. The first-order chi connectivity index (χ1) is 37.6. The summed E-state index contributed by atoms with van der Waals surface area (Å²) >= 11 is 0. The molecule has 0 amide bonds. The maximum atomic E-state index is 13.2. The van der Waals surface area contributed by atoms with Crippen LogP contribution in [0, 0.1) is 0 Å². The maximum absolute atomic E-state index is 13.2. The van der Waals surface area contributed by atoms with Crippen molar-refractivity contribution in [1.82, 2.24) is 0 Å². The predicted molar refractivity (Wildman–Crippen MR) is 313 cm³/mol. The minimum Gasteiger partial charge on any atom is -0.479 e. The van der Waals surface area contributed by atoms with Crippen LogP contribution >= 0.6 is 0 Å². The number of hydrogen-bond acceptors (Lipinski definition) is 11. The highest BCUT2D eigenvalue weighted by atomic mass is 16.7. The van der Waals surface area contributed by atoms with Gasteiger partial charge in [-0.25, -0.2) is 4.79 Å². The van der Waals surface area contributed by atoms with E-state index in [1.807, 2.05) is 0 Å². The Labute approximate surface area is 470 Å². The third-order valence-corrected chi connectivity index (χ3v) is 15.0. The SMILES string of the molecule is CCCCC/C=C\C/C=C\CCCCCCCCCCCC(=O)OCC(COC1OC(C(=O)O)C(O)C(O)C1OC(=O)CCCCCCCCCCC)OC(=O)CCCCCCCCCCCCCCCCCCCCC. The fraction of sp³-hybridized carbons (Fsp3) is 0.877. The number of aliphatic carboxylic acids is 1. The standard InChI is InChI=1S/C65H118O12/c1-4-7-10-13-16-19-21-23-25-27-29-31-33-35-37-40-42-45-48-51-57(66)73-54-56(75-58(67)52-49-46-44-41-38-36-34-32-30-28-26-24-22-20-17-14-11-8-5-2)55-74-65-63(61(70)60(69)62(77-65)64(71)72)76-59(68)53-50-47-43-39-18-15-12-9-6-3/h16,19,23,25,56,60-63,65,69-70H,4-15,17-18,20-22,24,26-55H2,1-3H3,(H,71,72)/b19-16-,25-23-. The molecule has 0 aromatic heterocycles. The topological polar surface area (TPSA) is 175 Å². The third kappa shape index (κ3) is 43.7. The van der Waals surface area contributed by atoms with Crippen molar-refractivity contribution in [2.24, 2.45) is 0 Å². The van der Waals surface area contributed by atoms with Crippen LogP contribution < -0.4 is 0 Å². The Bertz CT molecular complexity index is 1430. The number of ether oxygens (including phenoxy) is 5. The van der Waals surface area contributed by atoms with E-state index in [9.17, 15) is 34.5 Å². The molecule has 0 saturated carbocycles. The lowest BCUT2D eigenvalue weighted by molar-refractivity contribution is -0.301. The average Bonchev–Trinajstić information content (AvgIpc) is 3.42. The molecule has 1 aliphatic heterocycles. The zero-order valence-electron chi connectivity index (χ0n) is 49.7. The molecule has 0 bridgehead atoms. The van der Waals surface area contributed by atoms with E-state index >= 15 is 0 Å². The smallest absolute Gasteiger partial charge is 0.335 e. The van der Waals surface area contributed by atoms with E-state index in [4.69, 9.17) is 23.7 Å². The van der Waals surface area contributed by atoms with Gasteiger partial charge in [0.05, 0.1) is 6.61 Å². The molecule has 0 radical (unpaired) electrons. The summed E-state index contributed by atoms with van der Waals surface area (Å²) in [5, 5.41) is 31.5. The van der Waals surface area contributed by atoms with Crippen LogP contribution in [-0.2, 0) is 42.9 Å². The zero-order valence-corrected chi connectivity index (χ0v) is 49.7. The maximum Gasteiger partial charge on any atom is 0.335 e. The molecule has 1 fully saturated rings. The number of rotatable bonds is 56. The van der Waals surface area contributed by atoms with Crippen LogP contribution in [0.5, 0.6) is 0 Å². The van der Waals surface area contributed by atoms with Gasteiger partial charge in [-0.05, 0) is 51.4 Å². The van der Waals surface area contributed by atoms with Crippen LogP contribution in [0.25, 0.3) is 0 Å². The van der Waals surface area contributed by atoms with Gasteiger partial charge in [-0.3, -0.25) is 14.4 Å². The second kappa shape index (κ2) is 53.8. The first-order valence-corrected chi connectivity index (χ1v) is 32.3. The molecule has 1 saturated heterocycles. The number of carboxylic acids is 1. The summed E-state index contributed by atoms with van der Waals surface area (Å²) in [5.41, 5.74) is 0. The number of aliphatic hydroxyl groups is 2. The lowest BCUT2D eigenvalue weighted by atomic mass is 9.98. The van der Waals surface area contributed by atoms with Crippen molar-refractivity contribution in [2.45, 2.75) is 353 Å². The van der Waals surface area contributed by atoms with E-state index in [1.165, 1.54) is 180 Å². The summed E-state index contributed by atoms with van der Waals surface area (Å²) < 4.78 is 28.5. The lowest BCUT2D eigenvalue weighted by Crippen LogP contribution is -2.61. The van der Waals surface area contributed by atoms with E-state index in [0.29, 0.717) is 19.3 Å². The van der Waals surface area contributed by atoms with E-state index in [-0.39, 0.29) is 25.9 Å². The normalized spacial score (nSPS) is 18.1. The van der Waals surface area contributed by atoms with Crippen molar-refractivity contribution >= 4 is 23.9 Å². The molecule has 0 aliphatic carbocycles. The van der Waals surface area contributed by atoms with Gasteiger partial charge in [0.15, 0.2) is 24.6 Å². The quantitative estimate of drug-likeness (QED) is 0.0228. The van der Waals surface area contributed by atoms with Gasteiger partial charge in [0.2, 0.25) is 0 Å². The predicted octanol–water partition coefficient (Wildman–Crippen LogP) is 17.0. The summed E-state index contributed by atoms with van der Waals surface area (Å²) in [6.45, 7) is 5.98. The fourth-order valence-corrected chi connectivity index (χ4v) is 10.0. The van der Waals surface area contributed by atoms with Gasteiger partial charge in [-0.2, -0.15) is 0 Å². The molecular weight excluding hydrogens is 973 g/mol. The minimum absolute atomic E-state index is 0.0656. The first-order valence-electron chi connectivity index (χ1n) is 32.3. The average molecular weight is 1090 g/mol. The Hall–Kier alpha value is -2.80. The molecule has 1 aliphatic rings. The number of hydrogen-bond donors (Lipinski definition) is 3. The third-order valence-electron chi connectivity index (χ3n) is 15.0. The largest absolute Gasteiger partial charge is 0.479 e. The number of unbranched alkanes of at least 4 members (excludes halogenated alkanes) is 38. The summed E-state index contributed by atoms with van der Waals surface area (Å²) in [4.78, 5) is 51.2. The van der Waals surface area contributed by atoms with E-state index in [1.54, 1.807) is 0 Å². The van der Waals surface area contributed by atoms with E-state index in [2.05, 4.69) is 45.1 Å². The molecule has 6 atom stereocenters. The number of allylic oxidation sites excluding steroid dienone is 4. The Balaban J connectivity index is 2.60. The van der Waals surface area contributed by atoms with E-state index in [0.717, 1.165) is 77.0 Å². The molecule has 6 unspecified atom stereocenters. The van der Waals surface area contributed by atoms with Crippen LogP contribution in [0.15, 0.2) is 24.3 Å². The second-order valence-electron chi connectivity index (χ2n) is 22.4. The molecule has 3 N–H and O–H groups in total. The van der Waals surface area contributed by atoms with Gasteiger partial charge in [-0.15, -0.1) is 0 Å². The molecule has 1 rings (SSSR count). The molecular formula is C65H118O12. The highest BCUT2D eigenvalue weighted by molar-refractivity contribution is 5.74. The van der Waals surface area contributed by atoms with Crippen LogP contribution in [0.2, 0.25) is 0 Å². The molecule has 77 heavy (non-hydrogen) atoms. The van der Waals surface area contributed by atoms with Crippen molar-refractivity contribution in [3.05, 3.63) is 24.3 Å². The summed E-state index contributed by atoms with van der Waals surface area (Å²) in [5.74, 6) is -3.09. The lowest BCUT2D eigenvalue weighted by Gasteiger charge is -2.40. The van der Waals surface area contributed by atoms with Gasteiger partial charge in [0.1, 0.15) is 18.8 Å².